The van der Waals surface area contributed by atoms with Crippen LogP contribution in [-0.4, -0.2) is 18.0 Å². The first-order valence-corrected chi connectivity index (χ1v) is 5.16. The molecule has 0 aliphatic carbocycles. The molecule has 1 rings (SSSR count). The molecule has 0 N–H and O–H groups in total. The number of halogens is 2. The molecule has 5 heteroatoms. The number of nitriles is 1. The molecule has 1 aromatic carbocycles. The Hall–Kier alpha value is -1.60. The van der Waals surface area contributed by atoms with Crippen molar-refractivity contribution in [3.05, 3.63) is 35.1 Å². The van der Waals surface area contributed by atoms with Crippen LogP contribution in [0.25, 0.3) is 0 Å². The van der Waals surface area contributed by atoms with Crippen molar-refractivity contribution in [2.45, 2.75) is 18.2 Å². The highest BCUT2D eigenvalue weighted by molar-refractivity contribution is 6.33. The molecule has 89 valence electrons. The zero-order chi connectivity index (χ0) is 13.1. The van der Waals surface area contributed by atoms with E-state index in [1.165, 1.54) is 20.1 Å². The third-order valence-electron chi connectivity index (χ3n) is 2.26. The van der Waals surface area contributed by atoms with Gasteiger partial charge in [0, 0.05) is 12.5 Å². The van der Waals surface area contributed by atoms with Crippen LogP contribution in [0.15, 0.2) is 12.1 Å². The van der Waals surface area contributed by atoms with Crippen LogP contribution in [0.5, 0.6) is 0 Å². The Bertz CT molecular complexity index is 480. The Kier molecular flexibility index (Phi) is 4.08. The standard InChI is InChI=1S/C12H10ClFNO2/c1-12(13,11(16)17-2)6-8-3-4-10(14)5-9(8)7-15/h3,5H,6H2,1-2H3. The predicted octanol–water partition coefficient (Wildman–Crippen LogP) is 2.21. The summed E-state index contributed by atoms with van der Waals surface area (Å²) in [4.78, 5) is 10.1. The summed E-state index contributed by atoms with van der Waals surface area (Å²) in [7, 11) is 1.23. The van der Waals surface area contributed by atoms with Gasteiger partial charge in [0.1, 0.15) is 10.7 Å². The topological polar surface area (TPSA) is 50.1 Å². The number of hydrogen-bond acceptors (Lipinski definition) is 3. The molecule has 0 amide bonds. The van der Waals surface area contributed by atoms with Gasteiger partial charge in [0.25, 0.3) is 0 Å². The first kappa shape index (κ1) is 13.5. The normalized spacial score (nSPS) is 13.6. The smallest absolute Gasteiger partial charge is 0.326 e. The summed E-state index contributed by atoms with van der Waals surface area (Å²) < 4.78 is 17.4. The summed E-state index contributed by atoms with van der Waals surface area (Å²) in [5, 5.41) is 8.85. The maximum Gasteiger partial charge on any atom is 0.326 e. The van der Waals surface area contributed by atoms with E-state index in [0.717, 1.165) is 6.07 Å². The second kappa shape index (κ2) is 5.15. The third kappa shape index (κ3) is 3.18. The Morgan fingerprint density at radius 1 is 1.76 bits per heavy atom. The molecule has 0 aromatic heterocycles. The molecule has 0 bridgehead atoms. The van der Waals surface area contributed by atoms with Gasteiger partial charge in [0.15, 0.2) is 0 Å². The van der Waals surface area contributed by atoms with Crippen molar-refractivity contribution in [2.75, 3.05) is 7.11 Å². The average Bonchev–Trinajstić information content (AvgIpc) is 2.30. The number of benzene rings is 1. The molecule has 3 nitrogen and oxygen atoms in total. The lowest BCUT2D eigenvalue weighted by molar-refractivity contribution is -0.143. The van der Waals surface area contributed by atoms with E-state index >= 15 is 0 Å². The van der Waals surface area contributed by atoms with Crippen molar-refractivity contribution in [1.82, 2.24) is 0 Å². The average molecular weight is 255 g/mol. The number of methoxy groups -OCH3 is 1. The highest BCUT2D eigenvalue weighted by Gasteiger charge is 2.32. The quantitative estimate of drug-likeness (QED) is 0.614. The van der Waals surface area contributed by atoms with Crippen molar-refractivity contribution in [1.29, 1.82) is 5.26 Å². The maximum atomic E-state index is 12.9. The number of rotatable bonds is 3. The summed E-state index contributed by atoms with van der Waals surface area (Å²) in [6, 6.07) is 6.54. The van der Waals surface area contributed by atoms with Crippen LogP contribution in [0.1, 0.15) is 18.1 Å². The zero-order valence-electron chi connectivity index (χ0n) is 9.38. The fourth-order valence-electron chi connectivity index (χ4n) is 1.39. The maximum absolute atomic E-state index is 12.9. The van der Waals surface area contributed by atoms with Crippen LogP contribution in [0.4, 0.5) is 4.39 Å². The number of carbonyl (C=O) groups is 1. The summed E-state index contributed by atoms with van der Waals surface area (Å²) in [5.41, 5.74) is 0.592. The molecular formula is C12H10ClFNO2. The molecule has 0 aliphatic heterocycles. The monoisotopic (exact) mass is 254 g/mol. The first-order chi connectivity index (χ1) is 7.90. The lowest BCUT2D eigenvalue weighted by Crippen LogP contribution is -2.32. The van der Waals surface area contributed by atoms with Gasteiger partial charge in [0.2, 0.25) is 0 Å². The molecule has 0 heterocycles. The largest absolute Gasteiger partial charge is 0.468 e. The van der Waals surface area contributed by atoms with Crippen molar-refractivity contribution in [2.24, 2.45) is 0 Å². The van der Waals surface area contributed by atoms with Gasteiger partial charge >= 0.3 is 5.97 Å². The minimum absolute atomic E-state index is 0.0703. The fourth-order valence-corrected chi connectivity index (χ4v) is 1.61. The molecule has 0 fully saturated rings. The van der Waals surface area contributed by atoms with Crippen molar-refractivity contribution in [3.63, 3.8) is 0 Å². The number of esters is 1. The molecule has 0 spiro atoms. The lowest BCUT2D eigenvalue weighted by atomic mass is 9.96. The molecule has 0 saturated carbocycles. The Balaban J connectivity index is 3.04. The highest BCUT2D eigenvalue weighted by Crippen LogP contribution is 2.24. The van der Waals surface area contributed by atoms with E-state index in [-0.39, 0.29) is 12.0 Å². The first-order valence-electron chi connectivity index (χ1n) is 4.78. The molecule has 1 atom stereocenters. The third-order valence-corrected chi connectivity index (χ3v) is 2.54. The molecule has 17 heavy (non-hydrogen) atoms. The molecule has 1 radical (unpaired) electrons. The number of carbonyl (C=O) groups excluding carboxylic acids is 1. The molecule has 0 aliphatic rings. The Labute approximate surface area is 104 Å². The van der Waals surface area contributed by atoms with Crippen LogP contribution < -0.4 is 0 Å². The summed E-state index contributed by atoms with van der Waals surface area (Å²) in [6.07, 6.45) is 0.0703. The number of nitrogens with zero attached hydrogens (tertiary/aromatic N) is 1. The molecule has 1 unspecified atom stereocenters. The Morgan fingerprint density at radius 2 is 2.41 bits per heavy atom. The van der Waals surface area contributed by atoms with E-state index in [4.69, 9.17) is 16.9 Å². The summed E-state index contributed by atoms with van der Waals surface area (Å²) in [6.45, 7) is 1.48. The van der Waals surface area contributed by atoms with Crippen LogP contribution in [0, 0.1) is 23.2 Å². The SMILES string of the molecule is COC(=O)C(C)(Cl)Cc1c[c]c(F)cc1C#N. The molecular weight excluding hydrogens is 245 g/mol. The predicted molar refractivity (Wildman–Crippen MR) is 59.9 cm³/mol. The van der Waals surface area contributed by atoms with Gasteiger partial charge in [-0.2, -0.15) is 5.26 Å². The van der Waals surface area contributed by atoms with Crippen molar-refractivity contribution in [3.8, 4) is 6.07 Å². The van der Waals surface area contributed by atoms with Gasteiger partial charge in [-0.1, -0.05) is 0 Å². The van der Waals surface area contributed by atoms with Crippen LogP contribution in [0.2, 0.25) is 0 Å². The number of hydrogen-bond donors (Lipinski definition) is 0. The van der Waals surface area contributed by atoms with Crippen molar-refractivity contribution < 1.29 is 13.9 Å². The van der Waals surface area contributed by atoms with Gasteiger partial charge in [-0.25, -0.2) is 4.39 Å². The van der Waals surface area contributed by atoms with E-state index in [1.54, 1.807) is 0 Å². The van der Waals surface area contributed by atoms with E-state index in [2.05, 4.69) is 10.8 Å². The van der Waals surface area contributed by atoms with Crippen molar-refractivity contribution >= 4 is 17.6 Å². The second-order valence-corrected chi connectivity index (χ2v) is 4.53. The summed E-state index contributed by atoms with van der Waals surface area (Å²) in [5.74, 6) is -1.23. The van der Waals surface area contributed by atoms with E-state index < -0.39 is 16.7 Å². The minimum atomic E-state index is -1.29. The van der Waals surface area contributed by atoms with Gasteiger partial charge in [-0.15, -0.1) is 11.6 Å². The zero-order valence-corrected chi connectivity index (χ0v) is 10.1. The van der Waals surface area contributed by atoms with Gasteiger partial charge < -0.3 is 4.74 Å². The Morgan fingerprint density at radius 3 is 2.94 bits per heavy atom. The second-order valence-electron chi connectivity index (χ2n) is 3.70. The van der Waals surface area contributed by atoms with E-state index in [0.29, 0.717) is 5.56 Å². The molecule has 0 saturated heterocycles. The lowest BCUT2D eigenvalue weighted by Gasteiger charge is -2.19. The van der Waals surface area contributed by atoms with E-state index in [1.807, 2.05) is 6.07 Å². The summed E-state index contributed by atoms with van der Waals surface area (Å²) >= 11 is 6.00. The highest BCUT2D eigenvalue weighted by atomic mass is 35.5. The van der Waals surface area contributed by atoms with Gasteiger partial charge in [-0.05, 0) is 24.6 Å². The minimum Gasteiger partial charge on any atom is -0.468 e. The van der Waals surface area contributed by atoms with Gasteiger partial charge in [-0.3, -0.25) is 4.79 Å². The molecule has 1 aromatic rings. The van der Waals surface area contributed by atoms with Crippen LogP contribution in [-0.2, 0) is 16.0 Å². The fraction of sp³-hybridized carbons (Fsp3) is 0.333. The van der Waals surface area contributed by atoms with Crippen LogP contribution in [0.3, 0.4) is 0 Å². The van der Waals surface area contributed by atoms with Crippen LogP contribution >= 0.6 is 11.6 Å². The number of ether oxygens (including phenoxy) is 1. The van der Waals surface area contributed by atoms with E-state index in [9.17, 15) is 9.18 Å². The number of alkyl halides is 1. The van der Waals surface area contributed by atoms with Gasteiger partial charge in [0.05, 0.1) is 18.7 Å².